The SMILES string of the molecule is CCNCCC(=O)Nc1cc(C)no1. The van der Waals surface area contributed by atoms with Crippen molar-refractivity contribution in [2.75, 3.05) is 18.4 Å². The highest BCUT2D eigenvalue weighted by Crippen LogP contribution is 2.07. The number of amides is 1. The molecule has 78 valence electrons. The molecule has 2 N–H and O–H groups in total. The van der Waals surface area contributed by atoms with Crippen molar-refractivity contribution >= 4 is 11.8 Å². The van der Waals surface area contributed by atoms with Crippen molar-refractivity contribution in [1.82, 2.24) is 10.5 Å². The fourth-order valence-electron chi connectivity index (χ4n) is 1.00. The topological polar surface area (TPSA) is 67.2 Å². The van der Waals surface area contributed by atoms with E-state index in [1.54, 1.807) is 13.0 Å². The monoisotopic (exact) mass is 197 g/mol. The summed E-state index contributed by atoms with van der Waals surface area (Å²) in [6.45, 7) is 5.35. The van der Waals surface area contributed by atoms with Crippen LogP contribution in [-0.4, -0.2) is 24.2 Å². The van der Waals surface area contributed by atoms with Crippen LogP contribution in [0.15, 0.2) is 10.6 Å². The summed E-state index contributed by atoms with van der Waals surface area (Å²) in [5.74, 6) is 0.339. The van der Waals surface area contributed by atoms with Crippen LogP contribution in [-0.2, 0) is 4.79 Å². The first-order valence-electron chi connectivity index (χ1n) is 4.66. The zero-order chi connectivity index (χ0) is 10.4. The summed E-state index contributed by atoms with van der Waals surface area (Å²) in [5, 5.41) is 9.34. The molecule has 0 aliphatic heterocycles. The molecule has 0 saturated heterocycles. The van der Waals surface area contributed by atoms with Gasteiger partial charge in [0.2, 0.25) is 11.8 Å². The molecule has 5 nitrogen and oxygen atoms in total. The predicted octanol–water partition coefficient (Wildman–Crippen LogP) is 0.921. The third-order valence-electron chi connectivity index (χ3n) is 1.67. The number of nitrogens with zero attached hydrogens (tertiary/aromatic N) is 1. The standard InChI is InChI=1S/C9H15N3O2/c1-3-10-5-4-8(13)11-9-6-7(2)12-14-9/h6,10H,3-5H2,1-2H3,(H,11,13). The minimum absolute atomic E-state index is 0.0675. The minimum atomic E-state index is -0.0675. The zero-order valence-corrected chi connectivity index (χ0v) is 8.46. The average Bonchev–Trinajstić information content (AvgIpc) is 2.52. The van der Waals surface area contributed by atoms with Gasteiger partial charge >= 0.3 is 0 Å². The summed E-state index contributed by atoms with van der Waals surface area (Å²) in [6.07, 6.45) is 0.438. The smallest absolute Gasteiger partial charge is 0.231 e. The largest absolute Gasteiger partial charge is 0.338 e. The third kappa shape index (κ3) is 3.57. The van der Waals surface area contributed by atoms with Crippen LogP contribution in [0.3, 0.4) is 0 Å². The Morgan fingerprint density at radius 2 is 2.43 bits per heavy atom. The lowest BCUT2D eigenvalue weighted by molar-refractivity contribution is -0.116. The predicted molar refractivity (Wildman–Crippen MR) is 53.0 cm³/mol. The summed E-state index contributed by atoms with van der Waals surface area (Å²) < 4.78 is 4.84. The average molecular weight is 197 g/mol. The van der Waals surface area contributed by atoms with E-state index in [1.165, 1.54) is 0 Å². The van der Waals surface area contributed by atoms with Crippen LogP contribution in [0.2, 0.25) is 0 Å². The summed E-state index contributed by atoms with van der Waals surface area (Å²) >= 11 is 0. The Labute approximate surface area is 82.8 Å². The molecule has 1 amide bonds. The van der Waals surface area contributed by atoms with Crippen LogP contribution in [0.25, 0.3) is 0 Å². The molecule has 1 aromatic heterocycles. The molecule has 0 spiro atoms. The first-order chi connectivity index (χ1) is 6.72. The van der Waals surface area contributed by atoms with Crippen molar-refractivity contribution in [2.45, 2.75) is 20.3 Å². The van der Waals surface area contributed by atoms with Gasteiger partial charge in [-0.15, -0.1) is 0 Å². The number of nitrogens with one attached hydrogen (secondary N) is 2. The second-order valence-corrected chi connectivity index (χ2v) is 2.98. The Morgan fingerprint density at radius 1 is 1.64 bits per heavy atom. The molecule has 0 bridgehead atoms. The van der Waals surface area contributed by atoms with E-state index >= 15 is 0 Å². The van der Waals surface area contributed by atoms with Gasteiger partial charge in [-0.1, -0.05) is 12.1 Å². The third-order valence-corrected chi connectivity index (χ3v) is 1.67. The van der Waals surface area contributed by atoms with Gasteiger partial charge in [0.15, 0.2) is 0 Å². The van der Waals surface area contributed by atoms with Crippen LogP contribution < -0.4 is 10.6 Å². The highest BCUT2D eigenvalue weighted by molar-refractivity contribution is 5.89. The second kappa shape index (κ2) is 5.39. The lowest BCUT2D eigenvalue weighted by atomic mass is 10.4. The summed E-state index contributed by atoms with van der Waals surface area (Å²) in [4.78, 5) is 11.3. The Kier molecular flexibility index (Phi) is 4.12. The number of hydrogen-bond acceptors (Lipinski definition) is 4. The molecule has 14 heavy (non-hydrogen) atoms. The Morgan fingerprint density at radius 3 is 3.00 bits per heavy atom. The molecule has 0 fully saturated rings. The van der Waals surface area contributed by atoms with Crippen LogP contribution in [0.4, 0.5) is 5.88 Å². The van der Waals surface area contributed by atoms with E-state index in [1.807, 2.05) is 6.92 Å². The molecular formula is C9H15N3O2. The number of carbonyl (C=O) groups is 1. The van der Waals surface area contributed by atoms with Gasteiger partial charge in [-0.05, 0) is 13.5 Å². The number of rotatable bonds is 5. The molecule has 5 heteroatoms. The number of aromatic nitrogens is 1. The van der Waals surface area contributed by atoms with Crippen LogP contribution in [0, 0.1) is 6.92 Å². The normalized spacial score (nSPS) is 10.1. The number of hydrogen-bond donors (Lipinski definition) is 2. The second-order valence-electron chi connectivity index (χ2n) is 2.98. The molecule has 1 rings (SSSR count). The highest BCUT2D eigenvalue weighted by atomic mass is 16.5. The maximum Gasteiger partial charge on any atom is 0.231 e. The van der Waals surface area contributed by atoms with Crippen LogP contribution in [0.5, 0.6) is 0 Å². The molecule has 1 aromatic rings. The van der Waals surface area contributed by atoms with E-state index in [4.69, 9.17) is 4.52 Å². The van der Waals surface area contributed by atoms with Gasteiger partial charge in [0.25, 0.3) is 0 Å². The summed E-state index contributed by atoms with van der Waals surface area (Å²) in [7, 11) is 0. The quantitative estimate of drug-likeness (QED) is 0.689. The molecule has 0 atom stereocenters. The molecule has 0 unspecified atom stereocenters. The van der Waals surface area contributed by atoms with Crippen LogP contribution in [0.1, 0.15) is 19.0 Å². The van der Waals surface area contributed by atoms with Gasteiger partial charge < -0.3 is 9.84 Å². The Bertz CT molecular complexity index is 296. The maximum absolute atomic E-state index is 11.3. The van der Waals surface area contributed by atoms with Gasteiger partial charge in [-0.3, -0.25) is 10.1 Å². The van der Waals surface area contributed by atoms with Crippen molar-refractivity contribution in [2.24, 2.45) is 0 Å². The lowest BCUT2D eigenvalue weighted by Gasteiger charge is -2.00. The minimum Gasteiger partial charge on any atom is -0.338 e. The summed E-state index contributed by atoms with van der Waals surface area (Å²) in [5.41, 5.74) is 0.756. The van der Waals surface area contributed by atoms with E-state index < -0.39 is 0 Å². The first kappa shape index (κ1) is 10.7. The number of anilines is 1. The van der Waals surface area contributed by atoms with E-state index in [0.717, 1.165) is 12.2 Å². The van der Waals surface area contributed by atoms with E-state index in [0.29, 0.717) is 18.8 Å². The molecule has 0 saturated carbocycles. The van der Waals surface area contributed by atoms with E-state index in [9.17, 15) is 4.79 Å². The van der Waals surface area contributed by atoms with Gasteiger partial charge in [0.05, 0.1) is 5.69 Å². The van der Waals surface area contributed by atoms with Crippen LogP contribution >= 0.6 is 0 Å². The Hall–Kier alpha value is -1.36. The molecule has 1 heterocycles. The number of carbonyl (C=O) groups excluding carboxylic acids is 1. The molecule has 0 aliphatic rings. The van der Waals surface area contributed by atoms with Crippen molar-refractivity contribution in [3.8, 4) is 0 Å². The van der Waals surface area contributed by atoms with Crippen molar-refractivity contribution in [3.05, 3.63) is 11.8 Å². The fraction of sp³-hybridized carbons (Fsp3) is 0.556. The van der Waals surface area contributed by atoms with Gasteiger partial charge in [0.1, 0.15) is 0 Å². The maximum atomic E-state index is 11.3. The first-order valence-corrected chi connectivity index (χ1v) is 4.66. The molecular weight excluding hydrogens is 182 g/mol. The molecule has 0 radical (unpaired) electrons. The van der Waals surface area contributed by atoms with Crippen molar-refractivity contribution in [1.29, 1.82) is 0 Å². The van der Waals surface area contributed by atoms with Gasteiger partial charge in [-0.2, -0.15) is 0 Å². The Balaban J connectivity index is 2.27. The number of aryl methyl sites for hydroxylation is 1. The van der Waals surface area contributed by atoms with Gasteiger partial charge in [-0.25, -0.2) is 0 Å². The summed E-state index contributed by atoms with van der Waals surface area (Å²) in [6, 6.07) is 1.69. The van der Waals surface area contributed by atoms with E-state index in [-0.39, 0.29) is 5.91 Å². The van der Waals surface area contributed by atoms with Gasteiger partial charge in [0, 0.05) is 19.0 Å². The van der Waals surface area contributed by atoms with Crippen molar-refractivity contribution < 1.29 is 9.32 Å². The fourth-order valence-corrected chi connectivity index (χ4v) is 1.00. The zero-order valence-electron chi connectivity index (χ0n) is 8.46. The van der Waals surface area contributed by atoms with E-state index in [2.05, 4.69) is 15.8 Å². The van der Waals surface area contributed by atoms with Crippen molar-refractivity contribution in [3.63, 3.8) is 0 Å². The molecule has 0 aromatic carbocycles. The highest BCUT2D eigenvalue weighted by Gasteiger charge is 2.05. The molecule has 0 aliphatic carbocycles. The lowest BCUT2D eigenvalue weighted by Crippen LogP contribution is -2.21.